The summed E-state index contributed by atoms with van der Waals surface area (Å²) in [6.45, 7) is 0. The van der Waals surface area contributed by atoms with Crippen molar-refractivity contribution in [2.75, 3.05) is 0 Å². The fourth-order valence-electron chi connectivity index (χ4n) is 7.64. The molecule has 1 nitrogen and oxygen atoms in total. The maximum Gasteiger partial charge on any atom is 0.136 e. The first kappa shape index (κ1) is 20.8. The Morgan fingerprint density at radius 1 is 0.321 bits per heavy atom. The second-order valence-corrected chi connectivity index (χ2v) is 13.2. The van der Waals surface area contributed by atoms with Gasteiger partial charge in [-0.2, -0.15) is 0 Å². The van der Waals surface area contributed by atoms with Crippen LogP contribution < -0.4 is 0 Å². The van der Waals surface area contributed by atoms with E-state index in [1.54, 1.807) is 60.7 Å². The van der Waals surface area contributed by atoms with E-state index in [1.807, 2.05) is 30.3 Å². The Kier molecular flexibility index (Phi) is 4.63. The number of hydrogen-bond acceptors (Lipinski definition) is 1. The highest BCUT2D eigenvalue weighted by Crippen LogP contribution is 2.44. The summed E-state index contributed by atoms with van der Waals surface area (Å²) in [6, 6.07) is 36.1. The van der Waals surface area contributed by atoms with Crippen molar-refractivity contribution in [3.05, 3.63) is 194 Å². The van der Waals surface area contributed by atoms with Gasteiger partial charge in [0.1, 0.15) is 11.2 Å². The molecule has 53 heavy (non-hydrogen) atoms. The Morgan fingerprint density at radius 3 is 1.64 bits per heavy atom. The molecule has 0 aliphatic heterocycles. The highest BCUT2D eigenvalue weighted by atomic mass is 16.3. The molecule has 0 fully saturated rings. The molecular weight excluding hydrogens is 641 g/mol. The van der Waals surface area contributed by atoms with Crippen LogP contribution in [0.5, 0.6) is 0 Å². The molecule has 10 aromatic carbocycles. The minimum atomic E-state index is -0.550. The normalized spacial score (nSPS) is 14.7. The van der Waals surface area contributed by atoms with Crippen molar-refractivity contribution in [1.82, 2.24) is 0 Å². The summed E-state index contributed by atoms with van der Waals surface area (Å²) < 4.78 is 106. The monoisotopic (exact) mass is 683 g/mol. The van der Waals surface area contributed by atoms with Gasteiger partial charge in [-0.05, 0) is 124 Å². The molecule has 0 bridgehead atoms. The predicted molar refractivity (Wildman–Crippen MR) is 225 cm³/mol. The molecule has 11 rings (SSSR count). The van der Waals surface area contributed by atoms with E-state index >= 15 is 0 Å². The second kappa shape index (κ2) is 11.8. The van der Waals surface area contributed by atoms with Gasteiger partial charge in [0, 0.05) is 10.8 Å². The zero-order valence-corrected chi connectivity index (χ0v) is 28.0. The molecule has 0 aliphatic rings. The molecule has 0 amide bonds. The van der Waals surface area contributed by atoms with E-state index in [9.17, 15) is 8.22 Å². The number of fused-ring (bicyclic) bond motifs is 7. The molecule has 0 saturated heterocycles. The lowest BCUT2D eigenvalue weighted by Crippen LogP contribution is -1.91. The molecule has 0 aliphatic carbocycles. The summed E-state index contributed by atoms with van der Waals surface area (Å²) in [7, 11) is 0. The van der Waals surface area contributed by atoms with Gasteiger partial charge in [-0.1, -0.05) is 157 Å². The van der Waals surface area contributed by atoms with Gasteiger partial charge in [0.2, 0.25) is 0 Å². The average Bonchev–Trinajstić information content (AvgIpc) is 3.68. The summed E-state index contributed by atoms with van der Waals surface area (Å²) in [5, 5.41) is 5.71. The molecular formula is C52H32O. The highest BCUT2D eigenvalue weighted by Gasteiger charge is 2.17. The number of benzene rings is 10. The largest absolute Gasteiger partial charge is 0.456 e. The van der Waals surface area contributed by atoms with E-state index in [0.29, 0.717) is 49.4 Å². The van der Waals surface area contributed by atoms with Crippen LogP contribution in [0.4, 0.5) is 0 Å². The van der Waals surface area contributed by atoms with Crippen LogP contribution in [-0.4, -0.2) is 0 Å². The van der Waals surface area contributed by atoms with Gasteiger partial charge < -0.3 is 4.42 Å². The zero-order valence-electron chi connectivity index (χ0n) is 39.0. The van der Waals surface area contributed by atoms with Crippen molar-refractivity contribution in [2.45, 2.75) is 0 Å². The Morgan fingerprint density at radius 2 is 0.887 bits per heavy atom. The Bertz CT molecular complexity index is 3790. The molecule has 0 atom stereocenters. The Balaban J connectivity index is 1.10. The fourth-order valence-corrected chi connectivity index (χ4v) is 7.64. The van der Waals surface area contributed by atoms with E-state index < -0.39 is 30.2 Å². The van der Waals surface area contributed by atoms with Crippen LogP contribution in [0, 0.1) is 0 Å². The minimum absolute atomic E-state index is 0.00210. The van der Waals surface area contributed by atoms with E-state index in [1.165, 1.54) is 0 Å². The SMILES string of the molecule is [2H]c1c([2H])c(-c2c3ccccc3c(-c3c([2H])c([2H])c4c([2H])c([2H])c([2H])c([2H])c4c3[2H])c3ccccc23)c([2H])c([2H])c1-c1ccc2c(c1)oc1ccc(-c3ccc4ccccc4c3)cc12. The lowest BCUT2D eigenvalue weighted by atomic mass is 9.85. The molecule has 1 heteroatoms. The fraction of sp³-hybridized carbons (Fsp3) is 0. The molecule has 0 unspecified atom stereocenters. The first-order chi connectivity index (χ1) is 30.8. The number of rotatable bonds is 4. The maximum absolute atomic E-state index is 9.53. The van der Waals surface area contributed by atoms with Gasteiger partial charge in [-0.3, -0.25) is 0 Å². The second-order valence-electron chi connectivity index (χ2n) is 13.2. The smallest absolute Gasteiger partial charge is 0.136 e. The highest BCUT2D eigenvalue weighted by molar-refractivity contribution is 6.21. The third-order valence-corrected chi connectivity index (χ3v) is 10.1. The third-order valence-electron chi connectivity index (χ3n) is 10.1. The zero-order chi connectivity index (χ0) is 44.5. The molecule has 1 heterocycles. The van der Waals surface area contributed by atoms with E-state index in [2.05, 4.69) is 36.4 Å². The van der Waals surface area contributed by atoms with Gasteiger partial charge in [-0.15, -0.1) is 0 Å². The molecule has 246 valence electrons. The third kappa shape index (κ3) is 4.86. The number of hydrogen-bond donors (Lipinski definition) is 0. The number of furan rings is 1. The van der Waals surface area contributed by atoms with E-state index in [4.69, 9.17) is 11.3 Å². The van der Waals surface area contributed by atoms with Gasteiger partial charge in [0.25, 0.3) is 0 Å². The summed E-state index contributed by atoms with van der Waals surface area (Å²) in [4.78, 5) is 0. The molecule has 0 radical (unpaired) electrons. The Labute approximate surface area is 322 Å². The summed E-state index contributed by atoms with van der Waals surface area (Å²) in [6.07, 6.45) is 0. The molecule has 0 N–H and O–H groups in total. The van der Waals surface area contributed by atoms with Crippen LogP contribution in [0.2, 0.25) is 0 Å². The summed E-state index contributed by atoms with van der Waals surface area (Å²) >= 11 is 0. The summed E-state index contributed by atoms with van der Waals surface area (Å²) in [5.74, 6) is 0. The van der Waals surface area contributed by atoms with Crippen LogP contribution in [0.15, 0.2) is 198 Å². The van der Waals surface area contributed by atoms with Gasteiger partial charge in [-0.25, -0.2) is 0 Å². The summed E-state index contributed by atoms with van der Waals surface area (Å²) in [5.41, 5.74) is 4.76. The quantitative estimate of drug-likeness (QED) is 0.168. The standard InChI is InChI=1S/C52H32O/c1-3-11-37-29-39(23-19-33(37)9-1)40-26-28-49-48(31-40)43-27-25-41(32-50(43)53-49)35-17-21-36(22-18-35)51-44-13-5-7-15-46(44)52(47-16-8-6-14-45(47)51)42-24-20-34-10-2-4-12-38(34)30-42/h1-32H/i2D,4D,10D,12D,17D,18D,20D,21D,22D,24D,30D. The van der Waals surface area contributed by atoms with Crippen LogP contribution in [0.25, 0.3) is 110 Å². The first-order valence-corrected chi connectivity index (χ1v) is 17.4. The van der Waals surface area contributed by atoms with Gasteiger partial charge >= 0.3 is 0 Å². The van der Waals surface area contributed by atoms with Crippen molar-refractivity contribution in [1.29, 1.82) is 0 Å². The van der Waals surface area contributed by atoms with Crippen molar-refractivity contribution in [2.24, 2.45) is 0 Å². The molecule has 11 aromatic rings. The van der Waals surface area contributed by atoms with Crippen molar-refractivity contribution in [3.63, 3.8) is 0 Å². The Hall–Kier alpha value is -6.96. The molecule has 1 aromatic heterocycles. The maximum atomic E-state index is 9.53. The molecule has 0 spiro atoms. The van der Waals surface area contributed by atoms with Crippen LogP contribution in [-0.2, 0) is 0 Å². The lowest BCUT2D eigenvalue weighted by molar-refractivity contribution is 0.669. The van der Waals surface area contributed by atoms with Gasteiger partial charge in [0.05, 0.1) is 15.1 Å². The van der Waals surface area contributed by atoms with Crippen LogP contribution >= 0.6 is 0 Å². The predicted octanol–water partition coefficient (Wildman–Crippen LogP) is 14.9. The van der Waals surface area contributed by atoms with E-state index in [0.717, 1.165) is 32.7 Å². The van der Waals surface area contributed by atoms with Crippen molar-refractivity contribution >= 4 is 65.0 Å². The van der Waals surface area contributed by atoms with Crippen molar-refractivity contribution < 1.29 is 19.5 Å². The van der Waals surface area contributed by atoms with Crippen molar-refractivity contribution in [3.8, 4) is 44.5 Å². The van der Waals surface area contributed by atoms with E-state index in [-0.39, 0.29) is 63.7 Å². The minimum Gasteiger partial charge on any atom is -0.456 e. The van der Waals surface area contributed by atoms with Crippen LogP contribution in [0.1, 0.15) is 15.1 Å². The first-order valence-electron chi connectivity index (χ1n) is 22.9. The average molecular weight is 684 g/mol. The van der Waals surface area contributed by atoms with Crippen LogP contribution in [0.3, 0.4) is 0 Å². The van der Waals surface area contributed by atoms with Gasteiger partial charge in [0.15, 0.2) is 0 Å². The molecule has 0 saturated carbocycles. The topological polar surface area (TPSA) is 13.1 Å². The lowest BCUT2D eigenvalue weighted by Gasteiger charge is -2.18.